The van der Waals surface area contributed by atoms with E-state index in [4.69, 9.17) is 19.4 Å². The van der Waals surface area contributed by atoms with Gasteiger partial charge in [-0.2, -0.15) is 0 Å². The second kappa shape index (κ2) is 11.1. The van der Waals surface area contributed by atoms with Crippen molar-refractivity contribution in [1.82, 2.24) is 10.3 Å². The van der Waals surface area contributed by atoms with E-state index < -0.39 is 0 Å². The van der Waals surface area contributed by atoms with Crippen LogP contribution in [0.1, 0.15) is 23.1 Å². The van der Waals surface area contributed by atoms with Crippen molar-refractivity contribution in [2.75, 3.05) is 0 Å². The number of aliphatic imine (C=N–C) groups is 2. The van der Waals surface area contributed by atoms with Crippen LogP contribution in [0.25, 0.3) is 60.0 Å². The van der Waals surface area contributed by atoms with E-state index in [1.54, 1.807) is 0 Å². The van der Waals surface area contributed by atoms with Gasteiger partial charge in [-0.1, -0.05) is 121 Å². The van der Waals surface area contributed by atoms with Crippen LogP contribution in [-0.2, 0) is 0 Å². The van der Waals surface area contributed by atoms with Crippen molar-refractivity contribution in [3.8, 4) is 0 Å². The van der Waals surface area contributed by atoms with Gasteiger partial charge in [-0.25, -0.2) is 9.98 Å². The number of pyridine rings is 1. The van der Waals surface area contributed by atoms with E-state index in [0.717, 1.165) is 67.0 Å². The van der Waals surface area contributed by atoms with E-state index in [0.29, 0.717) is 5.84 Å². The topological polar surface area (TPSA) is 62.8 Å². The summed E-state index contributed by atoms with van der Waals surface area (Å²) in [5.74, 6) is 1.59. The zero-order valence-electron chi connectivity index (χ0n) is 26.5. The van der Waals surface area contributed by atoms with Crippen LogP contribution in [0.2, 0.25) is 0 Å². The maximum atomic E-state index is 6.30. The molecule has 0 saturated carbocycles. The lowest BCUT2D eigenvalue weighted by Gasteiger charge is -2.30. The molecule has 232 valence electrons. The Balaban J connectivity index is 1.19. The Morgan fingerprint density at radius 1 is 0.653 bits per heavy atom. The van der Waals surface area contributed by atoms with E-state index >= 15 is 0 Å². The summed E-state index contributed by atoms with van der Waals surface area (Å²) in [7, 11) is 0. The monoisotopic (exact) mass is 630 g/mol. The van der Waals surface area contributed by atoms with Gasteiger partial charge in [-0.05, 0) is 58.0 Å². The largest absolute Gasteiger partial charge is 0.456 e. The van der Waals surface area contributed by atoms with Gasteiger partial charge in [-0.3, -0.25) is 4.98 Å². The van der Waals surface area contributed by atoms with E-state index in [-0.39, 0.29) is 12.1 Å². The average molecular weight is 631 g/mol. The maximum absolute atomic E-state index is 6.30. The molecule has 2 unspecified atom stereocenters. The minimum atomic E-state index is -0.251. The fourth-order valence-corrected chi connectivity index (χ4v) is 7.61. The van der Waals surface area contributed by atoms with Gasteiger partial charge < -0.3 is 9.73 Å². The second-order valence-electron chi connectivity index (χ2n) is 12.8. The number of hydrogen-bond acceptors (Lipinski definition) is 5. The quantitative estimate of drug-likeness (QED) is 0.197. The Labute approximate surface area is 282 Å². The first-order valence-electron chi connectivity index (χ1n) is 16.7. The van der Waals surface area contributed by atoms with Gasteiger partial charge >= 0.3 is 0 Å². The number of nitrogens with one attached hydrogen (secondary N) is 1. The number of nitrogens with zero attached hydrogens (tertiary/aromatic N) is 3. The van der Waals surface area contributed by atoms with Crippen molar-refractivity contribution in [3.05, 3.63) is 169 Å². The first kappa shape index (κ1) is 27.8. The Morgan fingerprint density at radius 3 is 2.39 bits per heavy atom. The minimum Gasteiger partial charge on any atom is -0.456 e. The normalized spacial score (nSPS) is 17.8. The number of amidine groups is 2. The molecule has 10 rings (SSSR count). The molecular formula is C44H30N4O. The highest BCUT2D eigenvalue weighted by molar-refractivity contribution is 6.27. The van der Waals surface area contributed by atoms with Crippen LogP contribution in [0.15, 0.2) is 166 Å². The van der Waals surface area contributed by atoms with Gasteiger partial charge in [0.1, 0.15) is 23.2 Å². The van der Waals surface area contributed by atoms with Crippen LogP contribution in [0.4, 0.5) is 0 Å². The summed E-state index contributed by atoms with van der Waals surface area (Å²) in [4.78, 5) is 15.7. The van der Waals surface area contributed by atoms with Crippen molar-refractivity contribution in [2.45, 2.75) is 12.6 Å². The highest BCUT2D eigenvalue weighted by atomic mass is 16.3. The Hall–Kier alpha value is -6.33. The van der Waals surface area contributed by atoms with Gasteiger partial charge in [0.15, 0.2) is 5.84 Å². The molecule has 0 fully saturated rings. The van der Waals surface area contributed by atoms with Gasteiger partial charge in [0, 0.05) is 44.8 Å². The number of fused-ring (bicyclic) bond motifs is 8. The van der Waals surface area contributed by atoms with Crippen LogP contribution < -0.4 is 5.32 Å². The van der Waals surface area contributed by atoms with E-state index in [2.05, 4.69) is 121 Å². The number of para-hydroxylation sites is 1. The van der Waals surface area contributed by atoms with Crippen LogP contribution in [0, 0.1) is 5.92 Å². The number of allylic oxidation sites excluding steroid dienone is 3. The summed E-state index contributed by atoms with van der Waals surface area (Å²) in [6.45, 7) is 0. The average Bonchev–Trinajstić information content (AvgIpc) is 3.57. The lowest BCUT2D eigenvalue weighted by molar-refractivity contribution is 0.480. The molecule has 1 aliphatic heterocycles. The Kier molecular flexibility index (Phi) is 6.31. The molecule has 2 aromatic heterocycles. The summed E-state index contributed by atoms with van der Waals surface area (Å²) in [5.41, 5.74) is 7.15. The SMILES string of the molecule is C1=CC(C2N=C(c3cc4ccc5ccccc5c4c4ncccc34)N=C(c3cccc4oc5ccccc5c34)N2)CC(c2ccccc2)=C1. The number of rotatable bonds is 4. The molecule has 49 heavy (non-hydrogen) atoms. The van der Waals surface area contributed by atoms with E-state index in [9.17, 15) is 0 Å². The fourth-order valence-electron chi connectivity index (χ4n) is 7.61. The van der Waals surface area contributed by atoms with Crippen molar-refractivity contribution < 1.29 is 4.42 Å². The standard InChI is InChI=1S/C44H30N4O/c1-2-11-27(12-3-1)29-14-8-15-31(25-29)42-46-43(35-18-9-21-38-40(35)34-17-6-7-20-37(34)49-38)48-44(47-42)36-26-30-23-22-28-13-4-5-16-32(28)39(30)41-33(36)19-10-24-45-41/h1-24,26,31,42H,25H2,(H,46,47,48). The zero-order chi connectivity index (χ0) is 32.3. The molecule has 5 nitrogen and oxygen atoms in total. The predicted octanol–water partition coefficient (Wildman–Crippen LogP) is 10.2. The van der Waals surface area contributed by atoms with Gasteiger partial charge in [-0.15, -0.1) is 0 Å². The van der Waals surface area contributed by atoms with Crippen LogP contribution in [0.5, 0.6) is 0 Å². The Bertz CT molecular complexity index is 2730. The highest BCUT2D eigenvalue weighted by Gasteiger charge is 2.29. The molecule has 5 heteroatoms. The molecule has 2 aliphatic rings. The second-order valence-corrected chi connectivity index (χ2v) is 12.8. The first-order valence-corrected chi connectivity index (χ1v) is 16.7. The molecule has 2 atom stereocenters. The summed E-state index contributed by atoms with van der Waals surface area (Å²) in [6, 6.07) is 44.3. The molecule has 1 N–H and O–H groups in total. The zero-order valence-corrected chi connectivity index (χ0v) is 26.5. The summed E-state index contributed by atoms with van der Waals surface area (Å²) in [5, 5.41) is 11.6. The van der Waals surface area contributed by atoms with Gasteiger partial charge in [0.05, 0.1) is 5.52 Å². The third-order valence-electron chi connectivity index (χ3n) is 9.92. The lowest BCUT2D eigenvalue weighted by atomic mass is 9.87. The molecule has 3 heterocycles. The van der Waals surface area contributed by atoms with Gasteiger partial charge in [0.25, 0.3) is 0 Å². The van der Waals surface area contributed by atoms with E-state index in [1.165, 1.54) is 21.9 Å². The number of aromatic nitrogens is 1. The van der Waals surface area contributed by atoms with Crippen LogP contribution >= 0.6 is 0 Å². The van der Waals surface area contributed by atoms with Crippen LogP contribution in [0.3, 0.4) is 0 Å². The molecule has 8 aromatic rings. The van der Waals surface area contributed by atoms with Crippen LogP contribution in [-0.4, -0.2) is 22.8 Å². The fraction of sp³-hybridized carbons (Fsp3) is 0.0682. The van der Waals surface area contributed by atoms with E-state index in [1.807, 2.05) is 36.5 Å². The number of benzene rings is 6. The summed E-state index contributed by atoms with van der Waals surface area (Å²) < 4.78 is 6.30. The molecule has 0 saturated heterocycles. The van der Waals surface area contributed by atoms with Crippen molar-refractivity contribution in [2.24, 2.45) is 15.9 Å². The smallest absolute Gasteiger partial charge is 0.159 e. The molecule has 6 aromatic carbocycles. The predicted molar refractivity (Wildman–Crippen MR) is 202 cm³/mol. The highest BCUT2D eigenvalue weighted by Crippen LogP contribution is 2.37. The first-order chi connectivity index (χ1) is 24.3. The van der Waals surface area contributed by atoms with Crippen molar-refractivity contribution in [3.63, 3.8) is 0 Å². The maximum Gasteiger partial charge on any atom is 0.159 e. The van der Waals surface area contributed by atoms with Crippen molar-refractivity contribution >= 4 is 71.6 Å². The number of furan rings is 1. The van der Waals surface area contributed by atoms with Gasteiger partial charge in [0.2, 0.25) is 0 Å². The molecular weight excluding hydrogens is 601 g/mol. The molecule has 0 radical (unpaired) electrons. The summed E-state index contributed by atoms with van der Waals surface area (Å²) >= 11 is 0. The molecule has 1 aliphatic carbocycles. The van der Waals surface area contributed by atoms with Crippen molar-refractivity contribution in [1.29, 1.82) is 0 Å². The minimum absolute atomic E-state index is 0.106. The molecule has 0 bridgehead atoms. The molecule has 0 spiro atoms. The third kappa shape index (κ3) is 4.58. The number of hydrogen-bond donors (Lipinski definition) is 1. The molecule has 0 amide bonds. The lowest BCUT2D eigenvalue weighted by Crippen LogP contribution is -2.43. The Morgan fingerprint density at radius 2 is 1.45 bits per heavy atom. The third-order valence-corrected chi connectivity index (χ3v) is 9.92. The summed E-state index contributed by atoms with van der Waals surface area (Å²) in [6.07, 6.45) is 9.15.